The van der Waals surface area contributed by atoms with Crippen LogP contribution < -0.4 is 10.6 Å². The lowest BCUT2D eigenvalue weighted by Gasteiger charge is -2.12. The van der Waals surface area contributed by atoms with Gasteiger partial charge in [0, 0.05) is 24.6 Å². The van der Waals surface area contributed by atoms with Crippen LogP contribution in [-0.4, -0.2) is 33.9 Å². The summed E-state index contributed by atoms with van der Waals surface area (Å²) in [4.78, 5) is 12.0. The highest BCUT2D eigenvalue weighted by Crippen LogP contribution is 2.12. The maximum absolute atomic E-state index is 12.0. The molecule has 0 aliphatic rings. The van der Waals surface area contributed by atoms with Crippen LogP contribution in [-0.2, 0) is 17.8 Å². The lowest BCUT2D eigenvalue weighted by atomic mass is 10.1. The maximum Gasteiger partial charge on any atom is 0.246 e. The Morgan fingerprint density at radius 1 is 1.07 bits per heavy atom. The number of benzene rings is 2. The second-order valence-corrected chi connectivity index (χ2v) is 6.33. The van der Waals surface area contributed by atoms with Gasteiger partial charge in [0.2, 0.25) is 5.91 Å². The Kier molecular flexibility index (Phi) is 6.73. The van der Waals surface area contributed by atoms with Crippen molar-refractivity contribution < 1.29 is 9.90 Å². The Bertz CT molecular complexity index is 817. The van der Waals surface area contributed by atoms with Crippen LogP contribution in [0.15, 0.2) is 73.1 Å². The van der Waals surface area contributed by atoms with E-state index in [1.165, 1.54) is 5.56 Å². The number of nitrogens with zero attached hydrogens (tertiary/aromatic N) is 2. The average Bonchev–Trinajstić information content (AvgIpc) is 3.20. The van der Waals surface area contributed by atoms with Crippen molar-refractivity contribution >= 4 is 11.6 Å². The topological polar surface area (TPSA) is 79.2 Å². The SMILES string of the molecule is O=C(Cn1cccn1)Nc1ccc(CCNC[C@H](O)c2ccccc2)cc1. The lowest BCUT2D eigenvalue weighted by molar-refractivity contribution is -0.116. The molecule has 0 aliphatic carbocycles. The molecule has 3 aromatic rings. The van der Waals surface area contributed by atoms with E-state index in [0.717, 1.165) is 24.2 Å². The first-order valence-electron chi connectivity index (χ1n) is 9.00. The molecule has 1 aromatic heterocycles. The molecule has 0 bridgehead atoms. The van der Waals surface area contributed by atoms with Crippen molar-refractivity contribution in [1.82, 2.24) is 15.1 Å². The van der Waals surface area contributed by atoms with Crippen molar-refractivity contribution in [2.75, 3.05) is 18.4 Å². The molecular weight excluding hydrogens is 340 g/mol. The molecule has 0 saturated carbocycles. The van der Waals surface area contributed by atoms with Gasteiger partial charge in [0.05, 0.1) is 6.10 Å². The fourth-order valence-corrected chi connectivity index (χ4v) is 2.76. The van der Waals surface area contributed by atoms with E-state index in [1.54, 1.807) is 23.1 Å². The molecule has 0 radical (unpaired) electrons. The summed E-state index contributed by atoms with van der Waals surface area (Å²) < 4.78 is 1.58. The number of carbonyl (C=O) groups is 1. The fraction of sp³-hybridized carbons (Fsp3) is 0.238. The molecule has 0 unspecified atom stereocenters. The summed E-state index contributed by atoms with van der Waals surface area (Å²) in [6.07, 6.45) is 3.75. The molecule has 0 saturated heterocycles. The van der Waals surface area contributed by atoms with Gasteiger partial charge < -0.3 is 15.7 Å². The van der Waals surface area contributed by atoms with Crippen molar-refractivity contribution in [3.8, 4) is 0 Å². The number of hydrogen-bond donors (Lipinski definition) is 3. The van der Waals surface area contributed by atoms with E-state index in [9.17, 15) is 9.90 Å². The van der Waals surface area contributed by atoms with E-state index in [4.69, 9.17) is 0 Å². The third-order valence-electron chi connectivity index (χ3n) is 4.21. The Morgan fingerprint density at radius 2 is 1.85 bits per heavy atom. The summed E-state index contributed by atoms with van der Waals surface area (Å²) in [6.45, 7) is 1.49. The monoisotopic (exact) mass is 364 g/mol. The predicted molar refractivity (Wildman–Crippen MR) is 105 cm³/mol. The largest absolute Gasteiger partial charge is 0.387 e. The number of aromatic nitrogens is 2. The molecule has 140 valence electrons. The molecule has 3 rings (SSSR count). The van der Waals surface area contributed by atoms with Gasteiger partial charge in [-0.3, -0.25) is 9.48 Å². The highest BCUT2D eigenvalue weighted by atomic mass is 16.3. The third kappa shape index (κ3) is 6.06. The number of aliphatic hydroxyl groups is 1. The molecule has 1 amide bonds. The standard InChI is InChI=1S/C21H24N4O2/c26-20(18-5-2-1-3-6-18)15-22-13-11-17-7-9-19(10-8-17)24-21(27)16-25-14-4-12-23-25/h1-10,12,14,20,22,26H,11,13,15-16H2,(H,24,27)/t20-/m0/s1. The van der Waals surface area contributed by atoms with Gasteiger partial charge in [-0.05, 0) is 42.3 Å². The smallest absolute Gasteiger partial charge is 0.246 e. The zero-order chi connectivity index (χ0) is 18.9. The second kappa shape index (κ2) is 9.66. The molecule has 6 nitrogen and oxygen atoms in total. The molecular formula is C21H24N4O2. The first kappa shape index (κ1) is 18.8. The number of nitrogens with one attached hydrogen (secondary N) is 2. The van der Waals surface area contributed by atoms with Gasteiger partial charge in [0.15, 0.2) is 0 Å². The molecule has 1 atom stereocenters. The highest BCUT2D eigenvalue weighted by molar-refractivity contribution is 5.90. The predicted octanol–water partition coefficient (Wildman–Crippen LogP) is 2.39. The number of amides is 1. The van der Waals surface area contributed by atoms with Crippen molar-refractivity contribution in [3.63, 3.8) is 0 Å². The van der Waals surface area contributed by atoms with Crippen LogP contribution in [0.2, 0.25) is 0 Å². The van der Waals surface area contributed by atoms with E-state index in [-0.39, 0.29) is 12.5 Å². The maximum atomic E-state index is 12.0. The minimum Gasteiger partial charge on any atom is -0.387 e. The summed E-state index contributed by atoms with van der Waals surface area (Å²) in [5.74, 6) is -0.108. The summed E-state index contributed by atoms with van der Waals surface area (Å²) >= 11 is 0. The van der Waals surface area contributed by atoms with Gasteiger partial charge in [-0.1, -0.05) is 42.5 Å². The van der Waals surface area contributed by atoms with Crippen molar-refractivity contribution in [2.24, 2.45) is 0 Å². The van der Waals surface area contributed by atoms with E-state index < -0.39 is 6.10 Å². The second-order valence-electron chi connectivity index (χ2n) is 6.33. The van der Waals surface area contributed by atoms with Crippen LogP contribution in [0.4, 0.5) is 5.69 Å². The molecule has 1 heterocycles. The molecule has 6 heteroatoms. The number of aliphatic hydroxyl groups excluding tert-OH is 1. The van der Waals surface area contributed by atoms with E-state index >= 15 is 0 Å². The first-order chi connectivity index (χ1) is 13.2. The number of rotatable bonds is 9. The van der Waals surface area contributed by atoms with Gasteiger partial charge in [-0.15, -0.1) is 0 Å². The van der Waals surface area contributed by atoms with Gasteiger partial charge >= 0.3 is 0 Å². The Labute approximate surface area is 158 Å². The number of carbonyl (C=O) groups excluding carboxylic acids is 1. The minimum absolute atomic E-state index is 0.108. The van der Waals surface area contributed by atoms with E-state index in [2.05, 4.69) is 15.7 Å². The van der Waals surface area contributed by atoms with Gasteiger partial charge in [-0.25, -0.2) is 0 Å². The zero-order valence-electron chi connectivity index (χ0n) is 15.1. The van der Waals surface area contributed by atoms with Crippen molar-refractivity contribution in [3.05, 3.63) is 84.2 Å². The Balaban J connectivity index is 1.38. The van der Waals surface area contributed by atoms with Crippen LogP contribution in [0.5, 0.6) is 0 Å². The summed E-state index contributed by atoms with van der Waals surface area (Å²) in [5, 5.41) is 20.3. The highest BCUT2D eigenvalue weighted by Gasteiger charge is 2.06. The third-order valence-corrected chi connectivity index (χ3v) is 4.21. The molecule has 0 aliphatic heterocycles. The molecule has 3 N–H and O–H groups in total. The summed E-state index contributed by atoms with van der Waals surface area (Å²) in [7, 11) is 0. The van der Waals surface area contributed by atoms with Crippen LogP contribution in [0, 0.1) is 0 Å². The average molecular weight is 364 g/mol. The normalized spacial score (nSPS) is 11.9. The molecule has 0 fully saturated rings. The first-order valence-corrected chi connectivity index (χ1v) is 9.00. The Hall–Kier alpha value is -2.96. The van der Waals surface area contributed by atoms with Crippen LogP contribution in [0.25, 0.3) is 0 Å². The van der Waals surface area contributed by atoms with Crippen molar-refractivity contribution in [2.45, 2.75) is 19.1 Å². The van der Waals surface area contributed by atoms with E-state index in [1.807, 2.05) is 54.6 Å². The van der Waals surface area contributed by atoms with E-state index in [0.29, 0.717) is 6.54 Å². The molecule has 0 spiro atoms. The van der Waals surface area contributed by atoms with Crippen molar-refractivity contribution in [1.29, 1.82) is 0 Å². The van der Waals surface area contributed by atoms with Gasteiger partial charge in [-0.2, -0.15) is 5.10 Å². The van der Waals surface area contributed by atoms with Crippen LogP contribution in [0.3, 0.4) is 0 Å². The van der Waals surface area contributed by atoms with Crippen LogP contribution in [0.1, 0.15) is 17.2 Å². The molecule has 2 aromatic carbocycles. The quantitative estimate of drug-likeness (QED) is 0.510. The van der Waals surface area contributed by atoms with Gasteiger partial charge in [0.25, 0.3) is 0 Å². The molecule has 27 heavy (non-hydrogen) atoms. The summed E-state index contributed by atoms with van der Waals surface area (Å²) in [6, 6.07) is 19.2. The minimum atomic E-state index is -0.501. The Morgan fingerprint density at radius 3 is 2.56 bits per heavy atom. The van der Waals surface area contributed by atoms with Gasteiger partial charge in [0.1, 0.15) is 6.54 Å². The lowest BCUT2D eigenvalue weighted by Crippen LogP contribution is -2.23. The number of hydrogen-bond acceptors (Lipinski definition) is 4. The number of anilines is 1. The summed E-state index contributed by atoms with van der Waals surface area (Å²) in [5.41, 5.74) is 2.85. The zero-order valence-corrected chi connectivity index (χ0v) is 15.1. The fourth-order valence-electron chi connectivity index (χ4n) is 2.76. The van der Waals surface area contributed by atoms with Crippen LogP contribution >= 0.6 is 0 Å².